The molecule has 2 amide bonds. The fourth-order valence-corrected chi connectivity index (χ4v) is 9.52. The van der Waals surface area contributed by atoms with E-state index in [0.29, 0.717) is 36.9 Å². The first-order valence-corrected chi connectivity index (χ1v) is 14.0. The number of amides is 2. The highest BCUT2D eigenvalue weighted by Gasteiger charge is 2.42. The van der Waals surface area contributed by atoms with Crippen LogP contribution in [-0.4, -0.2) is 53.2 Å². The predicted molar refractivity (Wildman–Crippen MR) is 124 cm³/mol. The topological polar surface area (TPSA) is 61.4 Å². The number of piperidine rings is 1. The molecular formula is C24H42N3O2P. The molecule has 4 unspecified atom stereocenters. The van der Waals surface area contributed by atoms with Gasteiger partial charge in [0.05, 0.1) is 6.54 Å². The summed E-state index contributed by atoms with van der Waals surface area (Å²) in [5, 5.41) is 6.58. The molecular weight excluding hydrogens is 393 g/mol. The number of fused-ring (bicyclic) bond motifs is 4. The molecule has 170 valence electrons. The summed E-state index contributed by atoms with van der Waals surface area (Å²) >= 11 is 0. The molecule has 5 nitrogen and oxygen atoms in total. The minimum atomic E-state index is -0.294. The van der Waals surface area contributed by atoms with Crippen LogP contribution in [0.4, 0.5) is 0 Å². The monoisotopic (exact) mass is 435 g/mol. The summed E-state index contributed by atoms with van der Waals surface area (Å²) in [6, 6.07) is 0.960. The lowest BCUT2D eigenvalue weighted by molar-refractivity contribution is -0.126. The molecule has 1 aliphatic carbocycles. The third-order valence-electron chi connectivity index (χ3n) is 7.67. The minimum Gasteiger partial charge on any atom is -0.350 e. The fourth-order valence-electron chi connectivity index (χ4n) is 6.90. The third-order valence-corrected chi connectivity index (χ3v) is 10.2. The Bertz CT molecular complexity index is 617. The SMILES string of the molecule is CC1CC2CC(C1)CP(NC(=O)CC1CC3CCC(C1)N3CC(=O)NC(C)(C)C)C2. The Morgan fingerprint density at radius 2 is 1.53 bits per heavy atom. The summed E-state index contributed by atoms with van der Waals surface area (Å²) in [6.07, 6.45) is 11.9. The number of carbonyl (C=O) groups excluding carboxylic acids is 2. The molecule has 0 aromatic heterocycles. The van der Waals surface area contributed by atoms with Gasteiger partial charge in [-0.2, -0.15) is 0 Å². The molecule has 0 aromatic rings. The van der Waals surface area contributed by atoms with E-state index in [1.165, 1.54) is 44.4 Å². The Hall–Kier alpha value is -0.670. The van der Waals surface area contributed by atoms with Crippen molar-refractivity contribution in [1.82, 2.24) is 15.3 Å². The van der Waals surface area contributed by atoms with Gasteiger partial charge in [-0.05, 0) is 110 Å². The van der Waals surface area contributed by atoms with E-state index in [4.69, 9.17) is 0 Å². The van der Waals surface area contributed by atoms with Gasteiger partial charge in [-0.25, -0.2) is 0 Å². The van der Waals surface area contributed by atoms with Crippen LogP contribution in [-0.2, 0) is 9.59 Å². The first-order chi connectivity index (χ1) is 14.1. The van der Waals surface area contributed by atoms with Crippen LogP contribution in [0.15, 0.2) is 0 Å². The molecule has 0 radical (unpaired) electrons. The second kappa shape index (κ2) is 9.06. The lowest BCUT2D eigenvalue weighted by Gasteiger charge is -2.42. The van der Waals surface area contributed by atoms with E-state index < -0.39 is 0 Å². The van der Waals surface area contributed by atoms with Gasteiger partial charge < -0.3 is 10.4 Å². The highest BCUT2D eigenvalue weighted by molar-refractivity contribution is 7.56. The number of hydrogen-bond donors (Lipinski definition) is 2. The Balaban J connectivity index is 1.23. The van der Waals surface area contributed by atoms with Gasteiger partial charge in [0.15, 0.2) is 0 Å². The van der Waals surface area contributed by atoms with Crippen molar-refractivity contribution in [3.8, 4) is 0 Å². The number of nitrogens with zero attached hydrogens (tertiary/aromatic N) is 1. The molecule has 4 bridgehead atoms. The van der Waals surface area contributed by atoms with Gasteiger partial charge in [-0.3, -0.25) is 14.5 Å². The largest absolute Gasteiger partial charge is 0.350 e. The molecule has 3 saturated heterocycles. The molecule has 1 saturated carbocycles. The van der Waals surface area contributed by atoms with Crippen LogP contribution in [0.2, 0.25) is 0 Å². The van der Waals surface area contributed by atoms with Crippen LogP contribution in [0.5, 0.6) is 0 Å². The van der Waals surface area contributed by atoms with Gasteiger partial charge in [-0.1, -0.05) is 6.92 Å². The second-order valence-electron chi connectivity index (χ2n) is 11.9. The summed E-state index contributed by atoms with van der Waals surface area (Å²) in [7, 11) is -0.294. The lowest BCUT2D eigenvalue weighted by atomic mass is 9.77. The molecule has 4 atom stereocenters. The van der Waals surface area contributed by atoms with Crippen molar-refractivity contribution >= 4 is 19.9 Å². The summed E-state index contributed by atoms with van der Waals surface area (Å²) in [5.74, 6) is 3.53. The second-order valence-corrected chi connectivity index (χ2v) is 13.9. The van der Waals surface area contributed by atoms with Crippen LogP contribution >= 0.6 is 8.07 Å². The molecule has 4 rings (SSSR count). The van der Waals surface area contributed by atoms with Crippen molar-refractivity contribution < 1.29 is 9.59 Å². The van der Waals surface area contributed by atoms with Gasteiger partial charge in [0.1, 0.15) is 0 Å². The Morgan fingerprint density at radius 3 is 2.10 bits per heavy atom. The predicted octanol–water partition coefficient (Wildman–Crippen LogP) is 4.11. The first-order valence-electron chi connectivity index (χ1n) is 12.3. The molecule has 2 N–H and O–H groups in total. The normalized spacial score (nSPS) is 38.9. The fraction of sp³-hybridized carbons (Fsp3) is 0.917. The molecule has 3 heterocycles. The quantitative estimate of drug-likeness (QED) is 0.639. The van der Waals surface area contributed by atoms with Crippen LogP contribution in [0.3, 0.4) is 0 Å². The number of carbonyl (C=O) groups is 2. The standard InChI is InChI=1S/C24H42N3O2P/c1-16-7-18-9-19(8-16)15-30(14-18)26-22(28)12-17-10-20-5-6-21(11-17)27(20)13-23(29)25-24(2,3)4/h16-21H,5-15H2,1-4H3,(H,25,29)(H,26,28). The Kier molecular flexibility index (Phi) is 6.80. The van der Waals surface area contributed by atoms with Crippen LogP contribution in [0.1, 0.15) is 79.1 Å². The summed E-state index contributed by atoms with van der Waals surface area (Å²) in [5.41, 5.74) is -0.177. The van der Waals surface area contributed by atoms with Gasteiger partial charge in [0, 0.05) is 24.0 Å². The Morgan fingerprint density at radius 1 is 0.933 bits per heavy atom. The molecule has 4 fully saturated rings. The van der Waals surface area contributed by atoms with Crippen molar-refractivity contribution in [2.24, 2.45) is 23.7 Å². The number of nitrogens with one attached hydrogen (secondary N) is 2. The average molecular weight is 436 g/mol. The van der Waals surface area contributed by atoms with E-state index in [-0.39, 0.29) is 19.5 Å². The van der Waals surface area contributed by atoms with Crippen molar-refractivity contribution in [2.45, 2.75) is 96.7 Å². The van der Waals surface area contributed by atoms with Crippen molar-refractivity contribution in [3.05, 3.63) is 0 Å². The summed E-state index contributed by atoms with van der Waals surface area (Å²) in [6.45, 7) is 9.01. The van der Waals surface area contributed by atoms with E-state index in [9.17, 15) is 9.59 Å². The van der Waals surface area contributed by atoms with Crippen molar-refractivity contribution in [1.29, 1.82) is 0 Å². The average Bonchev–Trinajstić information content (AvgIpc) is 2.81. The zero-order valence-corrected chi connectivity index (χ0v) is 20.3. The van der Waals surface area contributed by atoms with Gasteiger partial charge in [-0.15, -0.1) is 0 Å². The summed E-state index contributed by atoms with van der Waals surface area (Å²) < 4.78 is 0. The zero-order chi connectivity index (χ0) is 21.5. The van der Waals surface area contributed by atoms with Crippen LogP contribution < -0.4 is 10.4 Å². The first kappa shape index (κ1) is 22.5. The van der Waals surface area contributed by atoms with E-state index in [2.05, 4.69) is 22.2 Å². The highest BCUT2D eigenvalue weighted by atomic mass is 31.1. The van der Waals surface area contributed by atoms with E-state index in [0.717, 1.165) is 30.6 Å². The summed E-state index contributed by atoms with van der Waals surface area (Å²) in [4.78, 5) is 27.7. The molecule has 4 aliphatic rings. The van der Waals surface area contributed by atoms with E-state index >= 15 is 0 Å². The Labute approximate surface area is 184 Å². The van der Waals surface area contributed by atoms with Crippen LogP contribution in [0.25, 0.3) is 0 Å². The molecule has 3 aliphatic heterocycles. The van der Waals surface area contributed by atoms with Gasteiger partial charge in [0.25, 0.3) is 0 Å². The third kappa shape index (κ3) is 5.76. The minimum absolute atomic E-state index is 0.135. The van der Waals surface area contributed by atoms with Gasteiger partial charge in [0.2, 0.25) is 11.8 Å². The molecule has 0 spiro atoms. The van der Waals surface area contributed by atoms with Crippen LogP contribution in [0, 0.1) is 23.7 Å². The molecule has 30 heavy (non-hydrogen) atoms. The highest BCUT2D eigenvalue weighted by Crippen LogP contribution is 2.50. The smallest absolute Gasteiger partial charge is 0.234 e. The maximum Gasteiger partial charge on any atom is 0.234 e. The van der Waals surface area contributed by atoms with Gasteiger partial charge >= 0.3 is 0 Å². The van der Waals surface area contributed by atoms with E-state index in [1.807, 2.05) is 20.8 Å². The maximum absolute atomic E-state index is 12.8. The number of hydrogen-bond acceptors (Lipinski definition) is 3. The van der Waals surface area contributed by atoms with Crippen molar-refractivity contribution in [2.75, 3.05) is 18.9 Å². The lowest BCUT2D eigenvalue weighted by Crippen LogP contribution is -2.51. The zero-order valence-electron chi connectivity index (χ0n) is 19.5. The maximum atomic E-state index is 12.8. The molecule has 0 aromatic carbocycles. The van der Waals surface area contributed by atoms with E-state index in [1.54, 1.807) is 0 Å². The van der Waals surface area contributed by atoms with Crippen molar-refractivity contribution in [3.63, 3.8) is 0 Å². The number of rotatable bonds is 5. The molecule has 6 heteroatoms.